The monoisotopic (exact) mass is 418 g/mol. The molecule has 0 atom stereocenters. The van der Waals surface area contributed by atoms with Gasteiger partial charge in [-0.1, -0.05) is 17.9 Å². The molecule has 0 aliphatic carbocycles. The second-order valence-corrected chi connectivity index (χ2v) is 7.57. The topological polar surface area (TPSA) is 112 Å². The molecule has 1 amide bonds. The number of nitrogens with zero attached hydrogens (tertiary/aromatic N) is 3. The highest BCUT2D eigenvalue weighted by Gasteiger charge is 2.26. The first-order valence-corrected chi connectivity index (χ1v) is 9.77. The van der Waals surface area contributed by atoms with Crippen LogP contribution in [0.4, 0.5) is 0 Å². The Morgan fingerprint density at radius 3 is 2.90 bits per heavy atom. The molecule has 0 bridgehead atoms. The van der Waals surface area contributed by atoms with E-state index in [1.807, 2.05) is 28.8 Å². The van der Waals surface area contributed by atoms with Crippen LogP contribution in [0.5, 0.6) is 11.6 Å². The van der Waals surface area contributed by atoms with Crippen molar-refractivity contribution in [1.29, 1.82) is 0 Å². The van der Waals surface area contributed by atoms with Crippen molar-refractivity contribution in [1.82, 2.24) is 14.5 Å². The molecule has 0 unspecified atom stereocenters. The molecule has 0 fully saturated rings. The van der Waals surface area contributed by atoms with Crippen LogP contribution in [-0.2, 0) is 13.2 Å². The van der Waals surface area contributed by atoms with Crippen LogP contribution in [0.25, 0.3) is 11.4 Å². The largest absolute Gasteiger partial charge is 0.491 e. The number of carbonyl (C=O) groups is 1. The predicted octanol–water partition coefficient (Wildman–Crippen LogP) is 2.14. The van der Waals surface area contributed by atoms with Gasteiger partial charge in [0.25, 0.3) is 5.91 Å². The number of carbonyl (C=O) groups excluding carboxylic acids is 1. The SMILES string of the molecule is CC(C)(O)C#Cc1ccc2c(c1)-c1nc(C(N)=O)c(COc3ccccn3)n1CCO2. The predicted molar refractivity (Wildman–Crippen MR) is 113 cm³/mol. The van der Waals surface area contributed by atoms with Crippen molar-refractivity contribution in [2.24, 2.45) is 5.73 Å². The summed E-state index contributed by atoms with van der Waals surface area (Å²) in [7, 11) is 0. The van der Waals surface area contributed by atoms with E-state index >= 15 is 0 Å². The normalized spacial score (nSPS) is 12.5. The number of amides is 1. The third-order valence-electron chi connectivity index (χ3n) is 4.61. The summed E-state index contributed by atoms with van der Waals surface area (Å²) in [5.74, 6) is 6.73. The van der Waals surface area contributed by atoms with E-state index in [1.165, 1.54) is 0 Å². The van der Waals surface area contributed by atoms with Crippen LogP contribution < -0.4 is 15.2 Å². The number of ether oxygens (including phenoxy) is 2. The van der Waals surface area contributed by atoms with E-state index in [1.54, 1.807) is 32.2 Å². The Hall–Kier alpha value is -3.83. The Labute approximate surface area is 179 Å². The molecule has 2 aromatic heterocycles. The number of hydrogen-bond acceptors (Lipinski definition) is 6. The number of hydrogen-bond donors (Lipinski definition) is 2. The lowest BCUT2D eigenvalue weighted by atomic mass is 10.1. The van der Waals surface area contributed by atoms with Gasteiger partial charge in [0.1, 0.15) is 30.4 Å². The smallest absolute Gasteiger partial charge is 0.269 e. The third kappa shape index (κ3) is 4.52. The molecular formula is C23H22N4O4. The fourth-order valence-electron chi connectivity index (χ4n) is 3.23. The summed E-state index contributed by atoms with van der Waals surface area (Å²) in [5.41, 5.74) is 6.57. The molecule has 8 heteroatoms. The van der Waals surface area contributed by atoms with E-state index in [4.69, 9.17) is 15.2 Å². The number of rotatable bonds is 4. The van der Waals surface area contributed by atoms with E-state index < -0.39 is 11.5 Å². The molecule has 1 aromatic carbocycles. The van der Waals surface area contributed by atoms with Gasteiger partial charge in [0.05, 0.1) is 17.8 Å². The molecule has 3 N–H and O–H groups in total. The van der Waals surface area contributed by atoms with Gasteiger partial charge in [-0.2, -0.15) is 0 Å². The zero-order valence-corrected chi connectivity index (χ0v) is 17.3. The Kier molecular flexibility index (Phi) is 5.36. The summed E-state index contributed by atoms with van der Waals surface area (Å²) in [6, 6.07) is 10.8. The van der Waals surface area contributed by atoms with Crippen LogP contribution in [0.3, 0.4) is 0 Å². The molecule has 158 valence electrons. The van der Waals surface area contributed by atoms with Crippen LogP contribution in [0, 0.1) is 11.8 Å². The minimum absolute atomic E-state index is 0.0792. The fraction of sp³-hybridized carbons (Fsp3) is 0.261. The minimum Gasteiger partial charge on any atom is -0.491 e. The van der Waals surface area contributed by atoms with Gasteiger partial charge in [0.2, 0.25) is 5.88 Å². The maximum absolute atomic E-state index is 12.1. The van der Waals surface area contributed by atoms with Crippen molar-refractivity contribution >= 4 is 5.91 Å². The molecular weight excluding hydrogens is 396 g/mol. The molecule has 0 radical (unpaired) electrons. The number of aliphatic hydroxyl groups is 1. The van der Waals surface area contributed by atoms with E-state index in [9.17, 15) is 9.90 Å². The minimum atomic E-state index is -1.11. The number of benzene rings is 1. The molecule has 1 aliphatic heterocycles. The quantitative estimate of drug-likeness (QED) is 0.628. The van der Waals surface area contributed by atoms with Crippen molar-refractivity contribution in [2.45, 2.75) is 32.6 Å². The zero-order valence-electron chi connectivity index (χ0n) is 17.3. The number of fused-ring (bicyclic) bond motifs is 3. The van der Waals surface area contributed by atoms with E-state index in [2.05, 4.69) is 21.8 Å². The number of primary amides is 1. The average Bonchev–Trinajstić information content (AvgIpc) is 3.00. The molecule has 8 nitrogen and oxygen atoms in total. The van der Waals surface area contributed by atoms with Crippen molar-refractivity contribution in [3.05, 3.63) is 59.5 Å². The Morgan fingerprint density at radius 1 is 1.35 bits per heavy atom. The van der Waals surface area contributed by atoms with Crippen molar-refractivity contribution in [2.75, 3.05) is 6.61 Å². The number of nitrogens with two attached hydrogens (primary N) is 1. The first kappa shape index (κ1) is 20.4. The maximum atomic E-state index is 12.1. The van der Waals surface area contributed by atoms with Gasteiger partial charge >= 0.3 is 0 Å². The van der Waals surface area contributed by atoms with Crippen molar-refractivity contribution < 1.29 is 19.4 Å². The summed E-state index contributed by atoms with van der Waals surface area (Å²) in [4.78, 5) is 20.8. The summed E-state index contributed by atoms with van der Waals surface area (Å²) in [5, 5.41) is 9.89. The third-order valence-corrected chi connectivity index (χ3v) is 4.61. The Morgan fingerprint density at radius 2 is 2.19 bits per heavy atom. The molecule has 4 rings (SSSR count). The zero-order chi connectivity index (χ0) is 22.0. The second kappa shape index (κ2) is 8.13. The number of pyridine rings is 1. The molecule has 1 aliphatic rings. The molecule has 0 saturated heterocycles. The summed E-state index contributed by atoms with van der Waals surface area (Å²) in [6.45, 7) is 4.17. The van der Waals surface area contributed by atoms with E-state index in [0.29, 0.717) is 47.4 Å². The summed E-state index contributed by atoms with van der Waals surface area (Å²) < 4.78 is 13.5. The summed E-state index contributed by atoms with van der Waals surface area (Å²) >= 11 is 0. The van der Waals surface area contributed by atoms with Gasteiger partial charge in [0, 0.05) is 17.8 Å². The van der Waals surface area contributed by atoms with E-state index in [-0.39, 0.29) is 12.3 Å². The maximum Gasteiger partial charge on any atom is 0.269 e. The molecule has 31 heavy (non-hydrogen) atoms. The molecule has 0 saturated carbocycles. The van der Waals surface area contributed by atoms with Crippen LogP contribution >= 0.6 is 0 Å². The van der Waals surface area contributed by atoms with Crippen LogP contribution in [0.2, 0.25) is 0 Å². The highest BCUT2D eigenvalue weighted by atomic mass is 16.5. The standard InChI is InChI=1S/C23H22N4O4/c1-23(2,29)9-8-15-6-7-18-16(13-15)22-26-20(21(24)28)17(27(22)11-12-30-18)14-31-19-5-3-4-10-25-19/h3-7,10,13,29H,11-12,14H2,1-2H3,(H2,24,28). The van der Waals surface area contributed by atoms with Crippen LogP contribution in [0.1, 0.15) is 35.6 Å². The lowest BCUT2D eigenvalue weighted by Crippen LogP contribution is -2.18. The van der Waals surface area contributed by atoms with Gasteiger partial charge in [0.15, 0.2) is 5.69 Å². The first-order valence-electron chi connectivity index (χ1n) is 9.77. The van der Waals surface area contributed by atoms with Crippen molar-refractivity contribution in [3.8, 4) is 34.9 Å². The number of imidazole rings is 1. The average molecular weight is 418 g/mol. The summed E-state index contributed by atoms with van der Waals surface area (Å²) in [6.07, 6.45) is 1.63. The highest BCUT2D eigenvalue weighted by molar-refractivity contribution is 5.93. The van der Waals surface area contributed by atoms with Crippen LogP contribution in [-0.4, -0.2) is 37.8 Å². The Bertz CT molecular complexity index is 1180. The Balaban J connectivity index is 1.77. The molecule has 3 heterocycles. The van der Waals surface area contributed by atoms with Gasteiger partial charge < -0.3 is 24.9 Å². The van der Waals surface area contributed by atoms with Crippen LogP contribution in [0.15, 0.2) is 42.6 Å². The first-order chi connectivity index (χ1) is 14.8. The molecule has 0 spiro atoms. The molecule has 3 aromatic rings. The fourth-order valence-corrected chi connectivity index (χ4v) is 3.23. The van der Waals surface area contributed by atoms with Crippen molar-refractivity contribution in [3.63, 3.8) is 0 Å². The van der Waals surface area contributed by atoms with Gasteiger partial charge in [-0.15, -0.1) is 0 Å². The second-order valence-electron chi connectivity index (χ2n) is 7.57. The van der Waals surface area contributed by atoms with E-state index in [0.717, 1.165) is 0 Å². The number of aromatic nitrogens is 3. The van der Waals surface area contributed by atoms with Gasteiger partial charge in [-0.05, 0) is 38.1 Å². The lowest BCUT2D eigenvalue weighted by Gasteiger charge is -2.10. The highest BCUT2D eigenvalue weighted by Crippen LogP contribution is 2.34. The lowest BCUT2D eigenvalue weighted by molar-refractivity contribution is 0.0992. The van der Waals surface area contributed by atoms with Gasteiger partial charge in [-0.3, -0.25) is 4.79 Å². The van der Waals surface area contributed by atoms with Gasteiger partial charge in [-0.25, -0.2) is 9.97 Å².